The highest BCUT2D eigenvalue weighted by molar-refractivity contribution is 7.89. The van der Waals surface area contributed by atoms with Crippen molar-refractivity contribution in [2.75, 3.05) is 6.54 Å². The summed E-state index contributed by atoms with van der Waals surface area (Å²) in [6.45, 7) is -0.109. The Balaban J connectivity index is 1.64. The lowest BCUT2D eigenvalue weighted by Crippen LogP contribution is -2.39. The molecule has 1 fully saturated rings. The number of carboxylic acid groups (broad SMARTS) is 1. The van der Waals surface area contributed by atoms with E-state index in [0.29, 0.717) is 15.6 Å². The van der Waals surface area contributed by atoms with Gasteiger partial charge < -0.3 is 5.11 Å². The smallest absolute Gasteiger partial charge is 0.335 e. The molecular weight excluding hydrogens is 559 g/mol. The van der Waals surface area contributed by atoms with Gasteiger partial charge in [-0.15, -0.1) is 0 Å². The summed E-state index contributed by atoms with van der Waals surface area (Å²) in [6.07, 6.45) is 3.41. The molecule has 0 unspecified atom stereocenters. The molecule has 0 aromatic heterocycles. The van der Waals surface area contributed by atoms with Gasteiger partial charge in [0.2, 0.25) is 20.0 Å². The van der Waals surface area contributed by atoms with Crippen LogP contribution in [0, 0.1) is 0 Å². The maximum Gasteiger partial charge on any atom is 0.335 e. The Bertz CT molecular complexity index is 1540. The van der Waals surface area contributed by atoms with E-state index in [1.165, 1.54) is 65.0 Å². The minimum absolute atomic E-state index is 0.00786. The second kappa shape index (κ2) is 10.9. The SMILES string of the molecule is O=C(O)c1cccc(/C=C/[C@@H]2C[C@@H](NS(=O)(=O)c3ccc(Cl)cc3)CN2S(=O)(=O)c2ccc(Cl)cc2)c1. The Morgan fingerprint density at radius 2 is 1.51 bits per heavy atom. The van der Waals surface area contributed by atoms with Gasteiger partial charge in [0.15, 0.2) is 0 Å². The standard InChI is InChI=1S/C25H22Cl2N2O6S2/c26-19-5-10-23(11-6-19)36(32,33)28-21-15-22(9-4-17-2-1-3-18(14-17)25(30)31)29(16-21)37(34,35)24-12-7-20(27)8-13-24/h1-14,21-22,28H,15-16H2,(H,30,31)/b9-4+/t21-,22-/m1/s1. The number of carbonyl (C=O) groups is 1. The van der Waals surface area contributed by atoms with Crippen LogP contribution in [0.1, 0.15) is 22.3 Å². The first-order valence-corrected chi connectivity index (χ1v) is 14.7. The number of nitrogens with one attached hydrogen (secondary N) is 1. The van der Waals surface area contributed by atoms with Crippen molar-refractivity contribution >= 4 is 55.3 Å². The summed E-state index contributed by atoms with van der Waals surface area (Å²) in [4.78, 5) is 11.3. The minimum Gasteiger partial charge on any atom is -0.478 e. The lowest BCUT2D eigenvalue weighted by atomic mass is 10.1. The molecule has 4 rings (SSSR count). The van der Waals surface area contributed by atoms with Crippen molar-refractivity contribution in [2.45, 2.75) is 28.3 Å². The summed E-state index contributed by atoms with van der Waals surface area (Å²) in [6, 6.07) is 16.1. The van der Waals surface area contributed by atoms with Gasteiger partial charge in [0.05, 0.1) is 15.4 Å². The molecule has 194 valence electrons. The van der Waals surface area contributed by atoms with E-state index in [2.05, 4.69) is 4.72 Å². The predicted octanol–water partition coefficient (Wildman–Crippen LogP) is 4.52. The van der Waals surface area contributed by atoms with Gasteiger partial charge in [-0.05, 0) is 72.6 Å². The van der Waals surface area contributed by atoms with Gasteiger partial charge in [0.25, 0.3) is 0 Å². The molecule has 0 radical (unpaired) electrons. The van der Waals surface area contributed by atoms with Gasteiger partial charge in [0, 0.05) is 28.7 Å². The fraction of sp³-hybridized carbons (Fsp3) is 0.160. The zero-order chi connectivity index (χ0) is 26.8. The highest BCUT2D eigenvalue weighted by Crippen LogP contribution is 2.29. The lowest BCUT2D eigenvalue weighted by molar-refractivity contribution is 0.0697. The molecule has 1 aliphatic rings. The van der Waals surface area contributed by atoms with E-state index in [9.17, 15) is 26.7 Å². The van der Waals surface area contributed by atoms with Gasteiger partial charge in [-0.3, -0.25) is 0 Å². The molecule has 3 aromatic rings. The first-order chi connectivity index (χ1) is 17.5. The van der Waals surface area contributed by atoms with E-state index in [-0.39, 0.29) is 28.3 Å². The van der Waals surface area contributed by atoms with Crippen LogP contribution in [0.25, 0.3) is 6.08 Å². The van der Waals surface area contributed by atoms with Crippen LogP contribution in [0.4, 0.5) is 0 Å². The number of nitrogens with zero attached hydrogens (tertiary/aromatic N) is 1. The van der Waals surface area contributed by atoms with Crippen LogP contribution in [0.15, 0.2) is 88.7 Å². The zero-order valence-electron chi connectivity index (χ0n) is 19.2. The van der Waals surface area contributed by atoms with Crippen molar-refractivity contribution in [1.82, 2.24) is 9.03 Å². The average molecular weight is 581 g/mol. The number of benzene rings is 3. The van der Waals surface area contributed by atoms with Crippen LogP contribution >= 0.6 is 23.2 Å². The fourth-order valence-electron chi connectivity index (χ4n) is 4.01. The normalized spacial score (nSPS) is 18.9. The van der Waals surface area contributed by atoms with Gasteiger partial charge >= 0.3 is 5.97 Å². The Morgan fingerprint density at radius 3 is 2.11 bits per heavy atom. The van der Waals surface area contributed by atoms with Crippen molar-refractivity contribution in [3.8, 4) is 0 Å². The van der Waals surface area contributed by atoms with Crippen LogP contribution in [0.5, 0.6) is 0 Å². The number of rotatable bonds is 8. The van der Waals surface area contributed by atoms with E-state index < -0.39 is 38.1 Å². The van der Waals surface area contributed by atoms with Gasteiger partial charge in [-0.2, -0.15) is 4.31 Å². The molecule has 2 N–H and O–H groups in total. The summed E-state index contributed by atoms with van der Waals surface area (Å²) in [7, 11) is -7.95. The maximum absolute atomic E-state index is 13.5. The molecule has 12 heteroatoms. The fourth-order valence-corrected chi connectivity index (χ4v) is 7.15. The topological polar surface area (TPSA) is 121 Å². The molecule has 0 spiro atoms. The molecule has 0 amide bonds. The Labute approximate surface area is 225 Å². The Hall–Kier alpha value is -2.73. The maximum atomic E-state index is 13.5. The van der Waals surface area contributed by atoms with Crippen LogP contribution in [-0.2, 0) is 20.0 Å². The van der Waals surface area contributed by atoms with Crippen LogP contribution < -0.4 is 4.72 Å². The monoisotopic (exact) mass is 580 g/mol. The van der Waals surface area contributed by atoms with E-state index >= 15 is 0 Å². The van der Waals surface area contributed by atoms with Gasteiger partial charge in [-0.1, -0.05) is 47.5 Å². The first-order valence-electron chi connectivity index (χ1n) is 11.0. The van der Waals surface area contributed by atoms with Crippen LogP contribution in [-0.4, -0.2) is 50.8 Å². The molecule has 8 nitrogen and oxygen atoms in total. The number of carboxylic acids is 1. The third-order valence-electron chi connectivity index (χ3n) is 5.81. The predicted molar refractivity (Wildman–Crippen MR) is 142 cm³/mol. The molecule has 37 heavy (non-hydrogen) atoms. The average Bonchev–Trinajstić information content (AvgIpc) is 3.26. The molecule has 0 bridgehead atoms. The van der Waals surface area contributed by atoms with Gasteiger partial charge in [-0.25, -0.2) is 26.4 Å². The Kier molecular flexibility index (Phi) is 8.08. The highest BCUT2D eigenvalue weighted by Gasteiger charge is 2.40. The van der Waals surface area contributed by atoms with Gasteiger partial charge in [0.1, 0.15) is 0 Å². The largest absolute Gasteiger partial charge is 0.478 e. The molecule has 1 saturated heterocycles. The summed E-state index contributed by atoms with van der Waals surface area (Å²) in [5, 5.41) is 10.0. The molecular formula is C25H22Cl2N2O6S2. The third kappa shape index (κ3) is 6.40. The lowest BCUT2D eigenvalue weighted by Gasteiger charge is -2.22. The number of sulfonamides is 2. The van der Waals surface area contributed by atoms with Crippen LogP contribution in [0.2, 0.25) is 10.0 Å². The second-order valence-electron chi connectivity index (χ2n) is 8.39. The number of hydrogen-bond acceptors (Lipinski definition) is 5. The molecule has 1 aliphatic heterocycles. The minimum atomic E-state index is -4.01. The summed E-state index contributed by atoms with van der Waals surface area (Å²) in [5.74, 6) is -1.08. The number of halogens is 2. The summed E-state index contributed by atoms with van der Waals surface area (Å²) in [5.41, 5.74) is 0.654. The molecule has 1 heterocycles. The zero-order valence-corrected chi connectivity index (χ0v) is 22.3. The van der Waals surface area contributed by atoms with Crippen molar-refractivity contribution in [3.63, 3.8) is 0 Å². The molecule has 2 atom stereocenters. The molecule has 3 aromatic carbocycles. The van der Waals surface area contributed by atoms with Crippen molar-refractivity contribution < 1.29 is 26.7 Å². The Morgan fingerprint density at radius 1 is 0.919 bits per heavy atom. The quantitative estimate of drug-likeness (QED) is 0.404. The van der Waals surface area contributed by atoms with Crippen molar-refractivity contribution in [3.05, 3.63) is 100 Å². The number of hydrogen-bond donors (Lipinski definition) is 2. The van der Waals surface area contributed by atoms with E-state index in [1.807, 2.05) is 0 Å². The third-order valence-corrected chi connectivity index (χ3v) is 9.75. The van der Waals surface area contributed by atoms with Crippen molar-refractivity contribution in [2.24, 2.45) is 0 Å². The van der Waals surface area contributed by atoms with E-state index in [0.717, 1.165) is 0 Å². The first kappa shape index (κ1) is 27.3. The number of aromatic carboxylic acids is 1. The molecule has 0 aliphatic carbocycles. The van der Waals surface area contributed by atoms with Crippen molar-refractivity contribution in [1.29, 1.82) is 0 Å². The summed E-state index contributed by atoms with van der Waals surface area (Å²) < 4.78 is 56.7. The van der Waals surface area contributed by atoms with Crippen LogP contribution in [0.3, 0.4) is 0 Å². The second-order valence-corrected chi connectivity index (χ2v) is 12.9. The summed E-state index contributed by atoms with van der Waals surface area (Å²) >= 11 is 11.8. The van der Waals surface area contributed by atoms with E-state index in [4.69, 9.17) is 23.2 Å². The van der Waals surface area contributed by atoms with E-state index in [1.54, 1.807) is 24.3 Å². The molecule has 0 saturated carbocycles. The highest BCUT2D eigenvalue weighted by atomic mass is 35.5.